The SMILES string of the molecule is CCc1ccc(C(NC)c2cc3c(s2)CCC3)s1. The first-order chi connectivity index (χ1) is 8.81. The molecule has 0 spiro atoms. The fourth-order valence-corrected chi connectivity index (χ4v) is 5.20. The lowest BCUT2D eigenvalue weighted by molar-refractivity contribution is 0.715. The monoisotopic (exact) mass is 277 g/mol. The molecule has 2 aromatic rings. The van der Waals surface area contributed by atoms with Gasteiger partial charge in [0.05, 0.1) is 6.04 Å². The molecule has 0 radical (unpaired) electrons. The van der Waals surface area contributed by atoms with Gasteiger partial charge in [0.2, 0.25) is 0 Å². The first-order valence-corrected chi connectivity index (χ1v) is 8.32. The van der Waals surface area contributed by atoms with Crippen molar-refractivity contribution in [3.05, 3.63) is 43.3 Å². The largest absolute Gasteiger partial charge is 0.308 e. The molecule has 1 aliphatic rings. The molecule has 0 amide bonds. The molecule has 96 valence electrons. The van der Waals surface area contributed by atoms with Crippen LogP contribution >= 0.6 is 22.7 Å². The maximum Gasteiger partial charge on any atom is 0.0762 e. The summed E-state index contributed by atoms with van der Waals surface area (Å²) in [6, 6.07) is 7.38. The molecule has 0 saturated heterocycles. The van der Waals surface area contributed by atoms with Crippen LogP contribution in [0.5, 0.6) is 0 Å². The van der Waals surface area contributed by atoms with Crippen molar-refractivity contribution in [2.24, 2.45) is 0 Å². The third kappa shape index (κ3) is 2.15. The zero-order valence-corrected chi connectivity index (χ0v) is 12.6. The van der Waals surface area contributed by atoms with Crippen molar-refractivity contribution < 1.29 is 0 Å². The average Bonchev–Trinajstić information content (AvgIpc) is 3.04. The van der Waals surface area contributed by atoms with E-state index >= 15 is 0 Å². The lowest BCUT2D eigenvalue weighted by Gasteiger charge is -2.12. The van der Waals surface area contributed by atoms with Crippen molar-refractivity contribution in [2.75, 3.05) is 7.05 Å². The van der Waals surface area contributed by atoms with Crippen LogP contribution < -0.4 is 5.32 Å². The van der Waals surface area contributed by atoms with Crippen LogP contribution in [0.25, 0.3) is 0 Å². The van der Waals surface area contributed by atoms with E-state index in [9.17, 15) is 0 Å². The molecule has 3 rings (SSSR count). The van der Waals surface area contributed by atoms with Gasteiger partial charge in [0.25, 0.3) is 0 Å². The van der Waals surface area contributed by atoms with Crippen molar-refractivity contribution in [3.63, 3.8) is 0 Å². The van der Waals surface area contributed by atoms with Gasteiger partial charge in [-0.25, -0.2) is 0 Å². The predicted molar refractivity (Wildman–Crippen MR) is 80.9 cm³/mol. The van der Waals surface area contributed by atoms with E-state index in [4.69, 9.17) is 0 Å². The van der Waals surface area contributed by atoms with Crippen molar-refractivity contribution in [2.45, 2.75) is 38.6 Å². The molecule has 0 aliphatic heterocycles. The summed E-state index contributed by atoms with van der Waals surface area (Å²) in [5.41, 5.74) is 1.60. The highest BCUT2D eigenvalue weighted by Gasteiger charge is 2.21. The molecule has 1 aliphatic carbocycles. The molecule has 3 heteroatoms. The van der Waals surface area contributed by atoms with Crippen molar-refractivity contribution >= 4 is 22.7 Å². The van der Waals surface area contributed by atoms with E-state index in [1.54, 1.807) is 10.4 Å². The topological polar surface area (TPSA) is 12.0 Å². The second-order valence-corrected chi connectivity index (χ2v) is 7.20. The molecule has 2 heterocycles. The number of hydrogen-bond donors (Lipinski definition) is 1. The van der Waals surface area contributed by atoms with Gasteiger partial charge in [-0.05, 0) is 56.5 Å². The maximum absolute atomic E-state index is 3.48. The van der Waals surface area contributed by atoms with Crippen LogP contribution in [-0.2, 0) is 19.3 Å². The fraction of sp³-hybridized carbons (Fsp3) is 0.467. The predicted octanol–water partition coefficient (Wildman–Crippen LogP) is 4.17. The van der Waals surface area contributed by atoms with E-state index in [2.05, 4.69) is 37.5 Å². The van der Waals surface area contributed by atoms with Crippen LogP contribution in [0, 0.1) is 0 Å². The number of fused-ring (bicyclic) bond motifs is 1. The first-order valence-electron chi connectivity index (χ1n) is 6.69. The molecule has 0 fully saturated rings. The quantitative estimate of drug-likeness (QED) is 0.884. The van der Waals surface area contributed by atoms with Crippen LogP contribution in [0.2, 0.25) is 0 Å². The van der Waals surface area contributed by atoms with E-state index in [0.29, 0.717) is 6.04 Å². The minimum Gasteiger partial charge on any atom is -0.308 e. The van der Waals surface area contributed by atoms with Gasteiger partial charge in [0.1, 0.15) is 0 Å². The molecular weight excluding hydrogens is 258 g/mol. The van der Waals surface area contributed by atoms with E-state index in [-0.39, 0.29) is 0 Å². The number of rotatable bonds is 4. The molecule has 0 bridgehead atoms. The van der Waals surface area contributed by atoms with Gasteiger partial charge < -0.3 is 5.32 Å². The summed E-state index contributed by atoms with van der Waals surface area (Å²) < 4.78 is 0. The summed E-state index contributed by atoms with van der Waals surface area (Å²) in [5.74, 6) is 0. The molecular formula is C15H19NS2. The summed E-state index contributed by atoms with van der Waals surface area (Å²) >= 11 is 3.96. The maximum atomic E-state index is 3.48. The number of aryl methyl sites for hydroxylation is 3. The normalized spacial score (nSPS) is 15.9. The smallest absolute Gasteiger partial charge is 0.0762 e. The van der Waals surface area contributed by atoms with Gasteiger partial charge in [-0.3, -0.25) is 0 Å². The van der Waals surface area contributed by atoms with E-state index < -0.39 is 0 Å². The molecule has 1 atom stereocenters. The Morgan fingerprint density at radius 3 is 2.78 bits per heavy atom. The highest BCUT2D eigenvalue weighted by molar-refractivity contribution is 7.13. The fourth-order valence-electron chi connectivity index (χ4n) is 2.66. The zero-order chi connectivity index (χ0) is 12.5. The molecule has 1 unspecified atom stereocenters. The van der Waals surface area contributed by atoms with E-state index in [1.807, 2.05) is 22.7 Å². The van der Waals surface area contributed by atoms with Gasteiger partial charge in [-0.2, -0.15) is 0 Å². The summed E-state index contributed by atoms with van der Waals surface area (Å²) in [4.78, 5) is 6.05. The van der Waals surface area contributed by atoms with Crippen LogP contribution in [-0.4, -0.2) is 7.05 Å². The van der Waals surface area contributed by atoms with Crippen LogP contribution in [0.15, 0.2) is 18.2 Å². The summed E-state index contributed by atoms with van der Waals surface area (Å²) in [7, 11) is 2.07. The first kappa shape index (κ1) is 12.4. The molecule has 0 aromatic carbocycles. The third-order valence-electron chi connectivity index (χ3n) is 3.65. The number of thiophene rings is 2. The highest BCUT2D eigenvalue weighted by Crippen LogP contribution is 2.37. The molecule has 1 N–H and O–H groups in total. The van der Waals surface area contributed by atoms with Gasteiger partial charge in [-0.15, -0.1) is 22.7 Å². The molecule has 1 nitrogen and oxygen atoms in total. The number of hydrogen-bond acceptors (Lipinski definition) is 3. The Hall–Kier alpha value is -0.640. The Labute approximate surface area is 117 Å². The van der Waals surface area contributed by atoms with Crippen LogP contribution in [0.3, 0.4) is 0 Å². The Morgan fingerprint density at radius 2 is 2.11 bits per heavy atom. The number of nitrogens with one attached hydrogen (secondary N) is 1. The molecule has 18 heavy (non-hydrogen) atoms. The Morgan fingerprint density at radius 1 is 1.22 bits per heavy atom. The van der Waals surface area contributed by atoms with Gasteiger partial charge >= 0.3 is 0 Å². The lowest BCUT2D eigenvalue weighted by Crippen LogP contribution is -2.15. The summed E-state index contributed by atoms with van der Waals surface area (Å²) in [6.45, 7) is 2.23. The lowest BCUT2D eigenvalue weighted by atomic mass is 10.1. The van der Waals surface area contributed by atoms with Gasteiger partial charge in [0, 0.05) is 19.5 Å². The second-order valence-electron chi connectivity index (χ2n) is 4.83. The average molecular weight is 277 g/mol. The van der Waals surface area contributed by atoms with E-state index in [1.165, 1.54) is 33.9 Å². The van der Waals surface area contributed by atoms with Crippen molar-refractivity contribution in [1.29, 1.82) is 0 Å². The third-order valence-corrected chi connectivity index (χ3v) is 6.25. The van der Waals surface area contributed by atoms with Crippen LogP contribution in [0.1, 0.15) is 44.5 Å². The van der Waals surface area contributed by atoms with Gasteiger partial charge in [-0.1, -0.05) is 6.92 Å². The Bertz CT molecular complexity index is 517. The van der Waals surface area contributed by atoms with Crippen molar-refractivity contribution in [3.8, 4) is 0 Å². The Kier molecular flexibility index (Phi) is 3.55. The minimum atomic E-state index is 0.394. The Balaban J connectivity index is 1.91. The summed E-state index contributed by atoms with van der Waals surface area (Å²) in [5, 5.41) is 3.48. The highest BCUT2D eigenvalue weighted by atomic mass is 32.1. The standard InChI is InChI=1S/C15H19NS2/c1-3-11-7-8-13(17-11)15(16-2)14-9-10-5-4-6-12(10)18-14/h7-9,15-16H,3-6H2,1-2H3. The van der Waals surface area contributed by atoms with Crippen molar-refractivity contribution in [1.82, 2.24) is 5.32 Å². The minimum absolute atomic E-state index is 0.394. The zero-order valence-electron chi connectivity index (χ0n) is 11.0. The second kappa shape index (κ2) is 5.16. The van der Waals surface area contributed by atoms with Gasteiger partial charge in [0.15, 0.2) is 0 Å². The van der Waals surface area contributed by atoms with Crippen LogP contribution in [0.4, 0.5) is 0 Å². The molecule has 0 saturated carbocycles. The summed E-state index contributed by atoms with van der Waals surface area (Å²) in [6.07, 6.45) is 5.07. The molecule has 2 aromatic heterocycles. The van der Waals surface area contributed by atoms with E-state index in [0.717, 1.165) is 6.42 Å².